The van der Waals surface area contributed by atoms with Gasteiger partial charge in [-0.1, -0.05) is 12.1 Å². The molecule has 0 aliphatic rings. The molecule has 0 atom stereocenters. The van der Waals surface area contributed by atoms with E-state index in [0.717, 1.165) is 17.8 Å². The van der Waals surface area contributed by atoms with E-state index in [1.165, 1.54) is 9.75 Å². The molecule has 4 nitrogen and oxygen atoms in total. The predicted molar refractivity (Wildman–Crippen MR) is 105 cm³/mol. The molecule has 25 heavy (non-hydrogen) atoms. The first-order valence-electron chi connectivity index (χ1n) is 8.63. The second-order valence-electron chi connectivity index (χ2n) is 7.06. The predicted octanol–water partition coefficient (Wildman–Crippen LogP) is 5.43. The van der Waals surface area contributed by atoms with Crippen LogP contribution in [0.3, 0.4) is 0 Å². The summed E-state index contributed by atoms with van der Waals surface area (Å²) in [6.07, 6.45) is -0.276. The average molecular weight is 361 g/mol. The maximum atomic E-state index is 12.3. The van der Waals surface area contributed by atoms with Gasteiger partial charge < -0.3 is 15.0 Å². The molecule has 2 rings (SSSR count). The van der Waals surface area contributed by atoms with E-state index in [9.17, 15) is 4.79 Å². The molecule has 0 spiro atoms. The summed E-state index contributed by atoms with van der Waals surface area (Å²) in [5.41, 5.74) is 1.66. The molecule has 0 bridgehead atoms. The standard InChI is InChI=1S/C20H28N2O2S/c1-6-22(19(23)24-20(3,4)5)14-16-8-7-9-17(12-16)21-13-18-11-10-15(2)25-18/h7-12,21H,6,13-14H2,1-5H3. The Kier molecular flexibility index (Phi) is 6.48. The van der Waals surface area contributed by atoms with E-state index in [2.05, 4.69) is 30.4 Å². The SMILES string of the molecule is CCN(Cc1cccc(NCc2ccc(C)s2)c1)C(=O)OC(C)(C)C. The summed E-state index contributed by atoms with van der Waals surface area (Å²) in [4.78, 5) is 16.6. The smallest absolute Gasteiger partial charge is 0.410 e. The van der Waals surface area contributed by atoms with Crippen molar-refractivity contribution in [3.63, 3.8) is 0 Å². The summed E-state index contributed by atoms with van der Waals surface area (Å²) < 4.78 is 5.47. The van der Waals surface area contributed by atoms with E-state index < -0.39 is 5.60 Å². The summed E-state index contributed by atoms with van der Waals surface area (Å²) in [5.74, 6) is 0. The summed E-state index contributed by atoms with van der Waals surface area (Å²) in [5, 5.41) is 3.45. The zero-order chi connectivity index (χ0) is 18.4. The quantitative estimate of drug-likeness (QED) is 0.747. The van der Waals surface area contributed by atoms with Gasteiger partial charge in [0.15, 0.2) is 0 Å². The van der Waals surface area contributed by atoms with Crippen LogP contribution in [0.2, 0.25) is 0 Å². The van der Waals surface area contributed by atoms with Gasteiger partial charge in [0.1, 0.15) is 5.60 Å². The molecule has 0 saturated heterocycles. The molecule has 136 valence electrons. The van der Waals surface area contributed by atoms with Crippen LogP contribution in [0, 0.1) is 6.92 Å². The average Bonchev–Trinajstić information content (AvgIpc) is 2.95. The van der Waals surface area contributed by atoms with Crippen molar-refractivity contribution in [2.75, 3.05) is 11.9 Å². The highest BCUT2D eigenvalue weighted by Crippen LogP contribution is 2.19. The van der Waals surface area contributed by atoms with E-state index in [0.29, 0.717) is 13.1 Å². The van der Waals surface area contributed by atoms with Crippen LogP contribution in [-0.4, -0.2) is 23.1 Å². The van der Waals surface area contributed by atoms with Gasteiger partial charge in [0.05, 0.1) is 0 Å². The Balaban J connectivity index is 1.98. The molecule has 0 fully saturated rings. The van der Waals surface area contributed by atoms with Crippen LogP contribution in [-0.2, 0) is 17.8 Å². The lowest BCUT2D eigenvalue weighted by Crippen LogP contribution is -2.36. The van der Waals surface area contributed by atoms with E-state index in [1.807, 2.05) is 45.9 Å². The number of carbonyl (C=O) groups excluding carboxylic acids is 1. The Hall–Kier alpha value is -2.01. The molecule has 0 saturated carbocycles. The van der Waals surface area contributed by atoms with Crippen molar-refractivity contribution in [2.24, 2.45) is 0 Å². The number of thiophene rings is 1. The lowest BCUT2D eigenvalue weighted by molar-refractivity contribution is 0.0244. The van der Waals surface area contributed by atoms with Gasteiger partial charge in [-0.3, -0.25) is 0 Å². The first-order valence-corrected chi connectivity index (χ1v) is 9.44. The summed E-state index contributed by atoms with van der Waals surface area (Å²) in [6, 6.07) is 12.5. The fourth-order valence-electron chi connectivity index (χ4n) is 2.40. The summed E-state index contributed by atoms with van der Waals surface area (Å²) in [6.45, 7) is 11.7. The zero-order valence-electron chi connectivity index (χ0n) is 15.8. The van der Waals surface area contributed by atoms with Crippen molar-refractivity contribution >= 4 is 23.1 Å². The van der Waals surface area contributed by atoms with Crippen molar-refractivity contribution in [3.8, 4) is 0 Å². The van der Waals surface area contributed by atoms with Gasteiger partial charge in [0.25, 0.3) is 0 Å². The number of ether oxygens (including phenoxy) is 1. The molecular weight excluding hydrogens is 332 g/mol. The minimum Gasteiger partial charge on any atom is -0.444 e. The largest absolute Gasteiger partial charge is 0.444 e. The number of hydrogen-bond donors (Lipinski definition) is 1. The van der Waals surface area contributed by atoms with Gasteiger partial charge in [-0.25, -0.2) is 4.79 Å². The number of amides is 1. The summed E-state index contributed by atoms with van der Waals surface area (Å²) in [7, 11) is 0. The van der Waals surface area contributed by atoms with Crippen molar-refractivity contribution < 1.29 is 9.53 Å². The molecular formula is C20H28N2O2S. The van der Waals surface area contributed by atoms with Gasteiger partial charge >= 0.3 is 6.09 Å². The van der Waals surface area contributed by atoms with Crippen LogP contribution in [0.15, 0.2) is 36.4 Å². The molecule has 0 aliphatic carbocycles. The van der Waals surface area contributed by atoms with Crippen LogP contribution in [0.1, 0.15) is 43.0 Å². The number of nitrogens with one attached hydrogen (secondary N) is 1. The third-order valence-corrected chi connectivity index (χ3v) is 4.60. The van der Waals surface area contributed by atoms with E-state index >= 15 is 0 Å². The zero-order valence-corrected chi connectivity index (χ0v) is 16.6. The molecule has 5 heteroatoms. The molecule has 0 radical (unpaired) electrons. The van der Waals surface area contributed by atoms with Crippen molar-refractivity contribution in [2.45, 2.75) is 53.3 Å². The van der Waals surface area contributed by atoms with Crippen LogP contribution < -0.4 is 5.32 Å². The van der Waals surface area contributed by atoms with E-state index in [4.69, 9.17) is 4.74 Å². The van der Waals surface area contributed by atoms with E-state index in [1.54, 1.807) is 16.2 Å². The minimum absolute atomic E-state index is 0.276. The second-order valence-corrected chi connectivity index (χ2v) is 8.43. The third kappa shape index (κ3) is 6.42. The van der Waals surface area contributed by atoms with Crippen molar-refractivity contribution in [1.82, 2.24) is 4.90 Å². The Morgan fingerprint density at radius 2 is 2.00 bits per heavy atom. The lowest BCUT2D eigenvalue weighted by atomic mass is 10.2. The first-order chi connectivity index (χ1) is 11.8. The number of hydrogen-bond acceptors (Lipinski definition) is 4. The third-order valence-electron chi connectivity index (χ3n) is 3.60. The Bertz CT molecular complexity index is 704. The highest BCUT2D eigenvalue weighted by atomic mass is 32.1. The Labute approximate surface area is 154 Å². The molecule has 1 aromatic heterocycles. The maximum Gasteiger partial charge on any atom is 0.410 e. The normalized spacial score (nSPS) is 11.2. The summed E-state index contributed by atoms with van der Waals surface area (Å²) >= 11 is 1.80. The second kappa shape index (κ2) is 8.39. The van der Waals surface area contributed by atoms with Gasteiger partial charge in [-0.05, 0) is 64.4 Å². The van der Waals surface area contributed by atoms with E-state index in [-0.39, 0.29) is 6.09 Å². The molecule has 1 N–H and O–H groups in total. The van der Waals surface area contributed by atoms with Gasteiger partial charge in [0.2, 0.25) is 0 Å². The lowest BCUT2D eigenvalue weighted by Gasteiger charge is -2.26. The molecule has 1 heterocycles. The fourth-order valence-corrected chi connectivity index (χ4v) is 3.23. The molecule has 1 aromatic carbocycles. The van der Waals surface area contributed by atoms with Crippen LogP contribution in [0.25, 0.3) is 0 Å². The Morgan fingerprint density at radius 3 is 2.60 bits per heavy atom. The molecule has 0 unspecified atom stereocenters. The number of aryl methyl sites for hydroxylation is 1. The highest BCUT2D eigenvalue weighted by Gasteiger charge is 2.21. The highest BCUT2D eigenvalue weighted by molar-refractivity contribution is 7.11. The minimum atomic E-state index is -0.479. The molecule has 2 aromatic rings. The maximum absolute atomic E-state index is 12.3. The van der Waals surface area contributed by atoms with Crippen LogP contribution in [0.5, 0.6) is 0 Å². The fraction of sp³-hybridized carbons (Fsp3) is 0.450. The topological polar surface area (TPSA) is 41.6 Å². The number of benzene rings is 1. The van der Waals surface area contributed by atoms with Gasteiger partial charge in [0, 0.05) is 35.1 Å². The van der Waals surface area contributed by atoms with Gasteiger partial charge in [-0.15, -0.1) is 11.3 Å². The van der Waals surface area contributed by atoms with Crippen LogP contribution >= 0.6 is 11.3 Å². The Morgan fingerprint density at radius 1 is 1.24 bits per heavy atom. The van der Waals surface area contributed by atoms with Gasteiger partial charge in [-0.2, -0.15) is 0 Å². The molecule has 1 amide bonds. The molecule has 0 aliphatic heterocycles. The number of anilines is 1. The monoisotopic (exact) mass is 360 g/mol. The number of carbonyl (C=O) groups is 1. The number of nitrogens with zero attached hydrogens (tertiary/aromatic N) is 1. The van der Waals surface area contributed by atoms with Crippen molar-refractivity contribution in [3.05, 3.63) is 51.7 Å². The number of rotatable bonds is 6. The van der Waals surface area contributed by atoms with Crippen LogP contribution in [0.4, 0.5) is 10.5 Å². The first kappa shape index (κ1) is 19.3. The van der Waals surface area contributed by atoms with Crippen molar-refractivity contribution in [1.29, 1.82) is 0 Å².